The van der Waals surface area contributed by atoms with Crippen molar-refractivity contribution >= 4 is 23.7 Å². The van der Waals surface area contributed by atoms with Crippen molar-refractivity contribution in [3.63, 3.8) is 0 Å². The Hall–Kier alpha value is -2.82. The van der Waals surface area contributed by atoms with Gasteiger partial charge in [0.05, 0.1) is 12.2 Å². The number of hydrogen-bond acceptors (Lipinski definition) is 10. The minimum atomic E-state index is -1.42. The van der Waals surface area contributed by atoms with Gasteiger partial charge < -0.3 is 30.5 Å². The molecule has 38 heavy (non-hydrogen) atoms. The van der Waals surface area contributed by atoms with Gasteiger partial charge in [-0.15, -0.1) is 0 Å². The minimum Gasteiger partial charge on any atom is -0.508 e. The normalized spacial score (nSPS) is 30.0. The monoisotopic (exact) mass is 531 g/mol. The lowest BCUT2D eigenvalue weighted by atomic mass is 9.55. The fourth-order valence-electron chi connectivity index (χ4n) is 6.68. The number of ether oxygens (including phenoxy) is 2. The van der Waals surface area contributed by atoms with Gasteiger partial charge in [-0.3, -0.25) is 9.59 Å². The van der Waals surface area contributed by atoms with Crippen molar-refractivity contribution in [2.24, 2.45) is 23.0 Å². The highest BCUT2D eigenvalue weighted by Crippen LogP contribution is 2.62. The Morgan fingerprint density at radius 3 is 2.53 bits per heavy atom. The van der Waals surface area contributed by atoms with Gasteiger partial charge in [0.2, 0.25) is 5.78 Å². The van der Waals surface area contributed by atoms with Crippen molar-refractivity contribution < 1.29 is 44.0 Å². The number of rotatable bonds is 7. The number of aliphatic hydroxyl groups excluding tert-OH is 2. The predicted octanol–water partition coefficient (Wildman–Crippen LogP) is 2.03. The molecule has 4 rings (SSSR count). The van der Waals surface area contributed by atoms with Crippen LogP contribution < -0.4 is 10.5 Å². The molecule has 3 aliphatic rings. The van der Waals surface area contributed by atoms with Gasteiger partial charge in [-0.25, -0.2) is 9.59 Å². The number of benzene rings is 1. The van der Waals surface area contributed by atoms with Crippen LogP contribution in [0.5, 0.6) is 11.5 Å². The Morgan fingerprint density at radius 1 is 1.13 bits per heavy atom. The van der Waals surface area contributed by atoms with Crippen molar-refractivity contribution in [3.8, 4) is 11.5 Å². The highest BCUT2D eigenvalue weighted by atomic mass is 16.6. The number of carbonyl (C=O) groups is 4. The van der Waals surface area contributed by atoms with Gasteiger partial charge in [0.1, 0.15) is 17.0 Å². The van der Waals surface area contributed by atoms with E-state index in [1.807, 2.05) is 6.92 Å². The molecular formula is C28H37NO9. The number of hydrogen-bond donors (Lipinski definition) is 4. The van der Waals surface area contributed by atoms with Crippen LogP contribution >= 0.6 is 0 Å². The van der Waals surface area contributed by atoms with E-state index in [2.05, 4.69) is 4.74 Å². The molecule has 0 amide bonds. The number of carbonyl (C=O) groups excluding carboxylic acids is 4. The number of nitrogens with two attached hydrogens (primary N) is 1. The van der Waals surface area contributed by atoms with Crippen LogP contribution in [-0.4, -0.2) is 56.8 Å². The van der Waals surface area contributed by atoms with E-state index in [0.717, 1.165) is 30.4 Å². The van der Waals surface area contributed by atoms with E-state index in [1.165, 1.54) is 19.9 Å². The summed E-state index contributed by atoms with van der Waals surface area (Å²) in [6.07, 6.45) is 1.61. The van der Waals surface area contributed by atoms with Gasteiger partial charge in [0, 0.05) is 24.5 Å². The third-order valence-corrected chi connectivity index (χ3v) is 8.69. The van der Waals surface area contributed by atoms with E-state index in [1.54, 1.807) is 6.07 Å². The van der Waals surface area contributed by atoms with E-state index in [9.17, 15) is 34.5 Å². The molecule has 2 saturated carbocycles. The molecule has 0 spiro atoms. The molecular weight excluding hydrogens is 494 g/mol. The maximum atomic E-state index is 12.7. The molecule has 10 heteroatoms. The summed E-state index contributed by atoms with van der Waals surface area (Å²) in [5.74, 6) is -3.22. The zero-order valence-electron chi connectivity index (χ0n) is 22.1. The topological polar surface area (TPSA) is 173 Å². The summed E-state index contributed by atoms with van der Waals surface area (Å²) in [6, 6.07) is 3.12. The number of fused-ring (bicyclic) bond motifs is 5. The average molecular weight is 532 g/mol. The van der Waals surface area contributed by atoms with E-state index >= 15 is 0 Å². The third kappa shape index (κ3) is 5.34. The summed E-state index contributed by atoms with van der Waals surface area (Å²) >= 11 is 0. The maximum Gasteiger partial charge on any atom is 0.382 e. The predicted molar refractivity (Wildman–Crippen MR) is 134 cm³/mol. The second kappa shape index (κ2) is 10.4. The Labute approximate surface area is 221 Å². The Bertz CT molecular complexity index is 1140. The molecule has 1 aromatic carbocycles. The number of phenolic OH excluding ortho intramolecular Hbond substituents is 1. The smallest absolute Gasteiger partial charge is 0.382 e. The van der Waals surface area contributed by atoms with Crippen LogP contribution in [-0.2, 0) is 30.3 Å². The van der Waals surface area contributed by atoms with Crippen LogP contribution in [0.25, 0.3) is 0 Å². The largest absolute Gasteiger partial charge is 0.508 e. The van der Waals surface area contributed by atoms with Crippen LogP contribution in [0.2, 0.25) is 0 Å². The highest BCUT2D eigenvalue weighted by molar-refractivity contribution is 6.35. The number of aliphatic hydroxyl groups is 2. The summed E-state index contributed by atoms with van der Waals surface area (Å²) in [7, 11) is 0. The number of phenols is 1. The fraction of sp³-hybridized carbons (Fsp3) is 0.643. The first-order valence-electron chi connectivity index (χ1n) is 13.2. The van der Waals surface area contributed by atoms with Gasteiger partial charge in [0.15, 0.2) is 0 Å². The molecule has 10 nitrogen and oxygen atoms in total. The second-order valence-corrected chi connectivity index (χ2v) is 11.9. The Morgan fingerprint density at radius 2 is 1.84 bits per heavy atom. The van der Waals surface area contributed by atoms with E-state index in [0.29, 0.717) is 12.8 Å². The molecule has 0 radical (unpaired) electrons. The van der Waals surface area contributed by atoms with Crippen LogP contribution in [0.15, 0.2) is 12.1 Å². The van der Waals surface area contributed by atoms with Gasteiger partial charge >= 0.3 is 17.9 Å². The number of ketones is 1. The summed E-state index contributed by atoms with van der Waals surface area (Å²) in [5, 5.41) is 31.3. The molecule has 0 aromatic heterocycles. The highest BCUT2D eigenvalue weighted by Gasteiger charge is 2.58. The number of Topliss-reactive ketones (excluding diaryl/α,β-unsaturated/α-hetero) is 1. The Balaban J connectivity index is 1.41. The van der Waals surface area contributed by atoms with Crippen molar-refractivity contribution in [2.75, 3.05) is 0 Å². The molecule has 5 N–H and O–H groups in total. The van der Waals surface area contributed by atoms with Crippen molar-refractivity contribution in [3.05, 3.63) is 23.3 Å². The number of aryl methyl sites for hydroxylation is 1. The molecule has 2 fully saturated rings. The fourth-order valence-corrected chi connectivity index (χ4v) is 6.68. The first kappa shape index (κ1) is 28.2. The Kier molecular flexibility index (Phi) is 7.71. The number of esters is 3. The van der Waals surface area contributed by atoms with Crippen LogP contribution in [0.1, 0.15) is 82.8 Å². The SMILES string of the molecule is CC(C)(N)C(=O)OC(=O)C(=O)CCCC(=O)Oc1cc(O)cc2c1[C@H]1CC[C@]3(C)[C@@H](O)[C@H](O)C[C@H]3[C@@H]1CC2. The van der Waals surface area contributed by atoms with Crippen LogP contribution in [0.3, 0.4) is 0 Å². The summed E-state index contributed by atoms with van der Waals surface area (Å²) in [5.41, 5.74) is 5.57. The average Bonchev–Trinajstić information content (AvgIpc) is 3.06. The quantitative estimate of drug-likeness (QED) is 0.176. The van der Waals surface area contributed by atoms with Gasteiger partial charge in [-0.2, -0.15) is 0 Å². The molecule has 3 aliphatic carbocycles. The van der Waals surface area contributed by atoms with Gasteiger partial charge in [0.25, 0.3) is 0 Å². The molecule has 1 aromatic rings. The molecule has 0 bridgehead atoms. The number of aromatic hydroxyl groups is 1. The van der Waals surface area contributed by atoms with E-state index in [-0.39, 0.29) is 53.9 Å². The summed E-state index contributed by atoms with van der Waals surface area (Å²) < 4.78 is 10.2. The second-order valence-electron chi connectivity index (χ2n) is 11.9. The first-order chi connectivity index (χ1) is 17.7. The molecule has 208 valence electrons. The summed E-state index contributed by atoms with van der Waals surface area (Å²) in [6.45, 7) is 4.74. The summed E-state index contributed by atoms with van der Waals surface area (Å²) in [4.78, 5) is 48.2. The molecule has 0 saturated heterocycles. The third-order valence-electron chi connectivity index (χ3n) is 8.69. The zero-order valence-corrected chi connectivity index (χ0v) is 22.1. The zero-order chi connectivity index (χ0) is 28.0. The minimum absolute atomic E-state index is 0.0102. The lowest BCUT2D eigenvalue weighted by molar-refractivity contribution is -0.167. The van der Waals surface area contributed by atoms with Crippen LogP contribution in [0.4, 0.5) is 0 Å². The standard InChI is InChI=1S/C28H37NO9/c1-27(2,29)26(36)38-25(35)19(31)5-4-6-22(33)37-21-12-15(30)11-14-7-8-16-17(23(14)21)9-10-28(3)18(16)13-20(32)24(28)34/h11-12,16-18,20,24,30,32,34H,4-10,13,29H2,1-3H3/t16-,17+,18+,20-,24+,28+/m1/s1. The van der Waals surface area contributed by atoms with Gasteiger partial charge in [-0.05, 0) is 87.2 Å². The van der Waals surface area contributed by atoms with Crippen molar-refractivity contribution in [1.82, 2.24) is 0 Å². The lowest BCUT2D eigenvalue weighted by Gasteiger charge is -2.50. The maximum absolute atomic E-state index is 12.7. The molecule has 0 aliphatic heterocycles. The van der Waals surface area contributed by atoms with E-state index in [4.69, 9.17) is 10.5 Å². The molecule has 6 atom stereocenters. The first-order valence-corrected chi connectivity index (χ1v) is 13.2. The molecule has 0 heterocycles. The van der Waals surface area contributed by atoms with Crippen molar-refractivity contribution in [1.29, 1.82) is 0 Å². The van der Waals surface area contributed by atoms with Crippen LogP contribution in [0, 0.1) is 17.3 Å². The van der Waals surface area contributed by atoms with E-state index < -0.39 is 41.4 Å². The van der Waals surface area contributed by atoms with Crippen molar-refractivity contribution in [2.45, 2.75) is 95.8 Å². The lowest BCUT2D eigenvalue weighted by Crippen LogP contribution is -2.45. The molecule has 0 unspecified atom stereocenters. The van der Waals surface area contributed by atoms with Gasteiger partial charge in [-0.1, -0.05) is 6.92 Å².